The van der Waals surface area contributed by atoms with Gasteiger partial charge in [0.25, 0.3) is 0 Å². The zero-order chi connectivity index (χ0) is 22.7. The van der Waals surface area contributed by atoms with Crippen LogP contribution in [-0.4, -0.2) is 21.4 Å². The number of aryl methyl sites for hydroxylation is 1. The summed E-state index contributed by atoms with van der Waals surface area (Å²) in [5.41, 5.74) is 5.11. The number of amides is 1. The molecule has 2 aromatic heterocycles. The number of nitrogens with zero attached hydrogens (tertiary/aromatic N) is 4. The van der Waals surface area contributed by atoms with E-state index in [-0.39, 0.29) is 33.2 Å². The van der Waals surface area contributed by atoms with Crippen LogP contribution >= 0.6 is 11.8 Å². The van der Waals surface area contributed by atoms with Crippen molar-refractivity contribution >= 4 is 29.2 Å². The van der Waals surface area contributed by atoms with Gasteiger partial charge in [-0.25, -0.2) is 14.2 Å². The van der Waals surface area contributed by atoms with Gasteiger partial charge < -0.3 is 11.1 Å². The van der Waals surface area contributed by atoms with Crippen LogP contribution in [0.5, 0.6) is 0 Å². The first kappa shape index (κ1) is 21.5. The topological polar surface area (TPSA) is 165 Å². The maximum atomic E-state index is 13.0. The van der Waals surface area contributed by atoms with Crippen molar-refractivity contribution in [2.24, 2.45) is 7.05 Å². The van der Waals surface area contributed by atoms with Gasteiger partial charge in [-0.05, 0) is 36.5 Å². The summed E-state index contributed by atoms with van der Waals surface area (Å²) in [6.45, 7) is 1.57. The van der Waals surface area contributed by atoms with E-state index in [2.05, 4.69) is 15.6 Å². The summed E-state index contributed by atoms with van der Waals surface area (Å²) in [5.74, 6) is -1.07. The lowest BCUT2D eigenvalue weighted by Gasteiger charge is -2.14. The number of rotatable bonds is 5. The highest BCUT2D eigenvalue weighted by molar-refractivity contribution is 8.00. The van der Waals surface area contributed by atoms with Crippen molar-refractivity contribution < 1.29 is 18.4 Å². The Kier molecular flexibility index (Phi) is 6.04. The lowest BCUT2D eigenvalue weighted by molar-refractivity contribution is -0.730. The molecule has 31 heavy (non-hydrogen) atoms. The second-order valence-electron chi connectivity index (χ2n) is 6.30. The summed E-state index contributed by atoms with van der Waals surface area (Å²) >= 11 is 0.921. The Morgan fingerprint density at radius 1 is 1.32 bits per heavy atom. The van der Waals surface area contributed by atoms with Gasteiger partial charge in [0.15, 0.2) is 7.05 Å². The minimum Gasteiger partial charge on any atom is -0.383 e. The van der Waals surface area contributed by atoms with Gasteiger partial charge in [-0.2, -0.15) is 10.5 Å². The molecule has 1 aromatic carbocycles. The quantitative estimate of drug-likeness (QED) is 0.396. The molecular weight excluding hydrogens is 425 g/mol. The number of thioether (sulfide) groups is 1. The first-order chi connectivity index (χ1) is 14.8. The molecule has 1 atom stereocenters. The van der Waals surface area contributed by atoms with Crippen molar-refractivity contribution in [3.8, 4) is 23.4 Å². The lowest BCUT2D eigenvalue weighted by Crippen LogP contribution is -2.34. The predicted octanol–water partition coefficient (Wildman–Crippen LogP) is 1.44. The number of benzene rings is 1. The number of anilines is 2. The van der Waals surface area contributed by atoms with Crippen molar-refractivity contribution in [3.63, 3.8) is 0 Å². The van der Waals surface area contributed by atoms with E-state index in [1.807, 2.05) is 12.1 Å². The van der Waals surface area contributed by atoms with Gasteiger partial charge in [-0.1, -0.05) is 16.4 Å². The maximum absolute atomic E-state index is 13.0. The molecule has 4 N–H and O–H groups in total. The molecule has 0 radical (unpaired) electrons. The van der Waals surface area contributed by atoms with Crippen LogP contribution in [0.3, 0.4) is 0 Å². The summed E-state index contributed by atoms with van der Waals surface area (Å²) in [6, 6.07) is 9.03. The molecule has 1 unspecified atom stereocenters. The molecule has 3 rings (SSSR count). The summed E-state index contributed by atoms with van der Waals surface area (Å²) in [7, 11) is 1.46. The van der Waals surface area contributed by atoms with Crippen LogP contribution in [0.1, 0.15) is 18.1 Å². The minimum atomic E-state index is -0.806. The van der Waals surface area contributed by atoms with Gasteiger partial charge in [0, 0.05) is 5.69 Å². The highest BCUT2D eigenvalue weighted by Crippen LogP contribution is 2.35. The predicted molar refractivity (Wildman–Crippen MR) is 108 cm³/mol. The van der Waals surface area contributed by atoms with Gasteiger partial charge in [-0.15, -0.1) is 0 Å². The fraction of sp³-hybridized carbons (Fsp3) is 0.158. The van der Waals surface area contributed by atoms with Crippen LogP contribution in [0.2, 0.25) is 0 Å². The third-order valence-electron chi connectivity index (χ3n) is 4.23. The van der Waals surface area contributed by atoms with Crippen LogP contribution < -0.4 is 21.4 Å². The van der Waals surface area contributed by atoms with Crippen molar-refractivity contribution in [1.82, 2.24) is 10.3 Å². The first-order valence-corrected chi connectivity index (χ1v) is 9.59. The zero-order valence-electron chi connectivity index (χ0n) is 16.3. The molecule has 3 aromatic rings. The number of nitriles is 2. The highest BCUT2D eigenvalue weighted by atomic mass is 32.2. The monoisotopic (exact) mass is 440 g/mol. The average molecular weight is 440 g/mol. The second-order valence-corrected chi connectivity index (χ2v) is 7.62. The summed E-state index contributed by atoms with van der Waals surface area (Å²) in [6.07, 6.45) is 0. The number of hydrogen-bond donors (Lipinski definition) is 3. The number of H-pyrrole nitrogens is 1. The SMILES string of the molecule is CC(Sc1nc(N)c(C#N)c(-c2c(=O)o[nH][n+]2C)c1C#N)C(=O)Nc1ccc(F)cc1. The molecule has 12 heteroatoms. The molecular formula is C19H15FN7O3S+. The number of nitrogen functional groups attached to an aromatic ring is 1. The number of aromatic amines is 1. The van der Waals surface area contributed by atoms with E-state index in [1.54, 1.807) is 6.92 Å². The van der Waals surface area contributed by atoms with Crippen molar-refractivity contribution in [3.05, 3.63) is 51.6 Å². The minimum absolute atomic E-state index is 0.0383. The first-order valence-electron chi connectivity index (χ1n) is 8.71. The summed E-state index contributed by atoms with van der Waals surface area (Å²) in [4.78, 5) is 28.8. The Bertz CT molecular complexity index is 1300. The van der Waals surface area contributed by atoms with Crippen LogP contribution in [-0.2, 0) is 11.8 Å². The molecule has 0 spiro atoms. The Balaban J connectivity index is 2.01. The standard InChI is InChI=1S/C19H14FN7O3S/c1-9(17(28)24-11-5-3-10(20)4-6-11)31-18-13(8-22)14(12(7-21)16(23)25-18)15-19(29)30-26-27(15)2/h3-6,9H,1-2H3,(H3-,23,24,25,26,28,29)/p+1. The fourth-order valence-corrected chi connectivity index (χ4v) is 3.65. The number of carbonyl (C=O) groups excluding carboxylic acids is 1. The number of nitrogens with two attached hydrogens (primary N) is 1. The average Bonchev–Trinajstić information content (AvgIpc) is 3.07. The molecule has 1 amide bonds. The van der Waals surface area contributed by atoms with Crippen LogP contribution in [0.4, 0.5) is 15.9 Å². The van der Waals surface area contributed by atoms with E-state index in [9.17, 15) is 24.5 Å². The van der Waals surface area contributed by atoms with Crippen molar-refractivity contribution in [2.45, 2.75) is 17.2 Å². The lowest BCUT2D eigenvalue weighted by atomic mass is 10.0. The largest absolute Gasteiger partial charge is 0.435 e. The van der Waals surface area contributed by atoms with E-state index in [0.717, 1.165) is 11.8 Å². The fourth-order valence-electron chi connectivity index (χ4n) is 2.73. The normalized spacial score (nSPS) is 11.4. The second kappa shape index (κ2) is 8.69. The number of halogens is 1. The van der Waals surface area contributed by atoms with E-state index in [4.69, 9.17) is 10.3 Å². The smallest absolute Gasteiger partial charge is 0.383 e. The highest BCUT2D eigenvalue weighted by Gasteiger charge is 2.32. The number of nitrogens with one attached hydrogen (secondary N) is 2. The Hall–Kier alpha value is -4.16. The van der Waals surface area contributed by atoms with Gasteiger partial charge in [0.2, 0.25) is 5.91 Å². The van der Waals surface area contributed by atoms with Crippen LogP contribution in [0, 0.1) is 28.5 Å². The van der Waals surface area contributed by atoms with E-state index in [0.29, 0.717) is 5.69 Å². The van der Waals surface area contributed by atoms with Crippen LogP contribution in [0.25, 0.3) is 11.3 Å². The molecule has 0 aliphatic carbocycles. The molecule has 0 aliphatic rings. The van der Waals surface area contributed by atoms with Gasteiger partial charge in [0.05, 0.1) is 10.8 Å². The number of hydrogen-bond acceptors (Lipinski definition) is 8. The molecule has 0 aliphatic heterocycles. The van der Waals surface area contributed by atoms with Crippen LogP contribution in [0.15, 0.2) is 38.6 Å². The maximum Gasteiger partial charge on any atom is 0.435 e. The molecule has 0 bridgehead atoms. The van der Waals surface area contributed by atoms with E-state index < -0.39 is 22.6 Å². The number of pyridine rings is 1. The van der Waals surface area contributed by atoms with Gasteiger partial charge in [-0.3, -0.25) is 9.32 Å². The summed E-state index contributed by atoms with van der Waals surface area (Å²) in [5, 5.41) is 23.5. The zero-order valence-corrected chi connectivity index (χ0v) is 17.1. The third kappa shape index (κ3) is 4.24. The Morgan fingerprint density at radius 3 is 2.52 bits per heavy atom. The molecule has 0 fully saturated rings. The van der Waals surface area contributed by atoms with Crippen molar-refractivity contribution in [2.75, 3.05) is 11.1 Å². The number of carbonyl (C=O) groups is 1. The van der Waals surface area contributed by atoms with E-state index in [1.165, 1.54) is 36.0 Å². The number of aromatic nitrogens is 3. The molecule has 156 valence electrons. The molecule has 0 saturated carbocycles. The Labute approximate surface area is 179 Å². The van der Waals surface area contributed by atoms with E-state index >= 15 is 0 Å². The van der Waals surface area contributed by atoms with Gasteiger partial charge >= 0.3 is 11.3 Å². The third-order valence-corrected chi connectivity index (χ3v) is 5.31. The van der Waals surface area contributed by atoms with Gasteiger partial charge in [0.1, 0.15) is 39.9 Å². The molecule has 0 saturated heterocycles. The molecule has 10 nitrogen and oxygen atoms in total. The Morgan fingerprint density at radius 2 is 1.97 bits per heavy atom. The summed E-state index contributed by atoms with van der Waals surface area (Å²) < 4.78 is 19.0. The molecule has 2 heterocycles. The van der Waals surface area contributed by atoms with Crippen molar-refractivity contribution in [1.29, 1.82) is 10.5 Å².